The molecule has 1 unspecified atom stereocenters. The van der Waals surface area contributed by atoms with E-state index in [1.807, 2.05) is 6.92 Å². The molecule has 0 amide bonds. The normalized spacial score (nSPS) is 12.8. The van der Waals surface area contributed by atoms with Crippen LogP contribution in [0.3, 0.4) is 0 Å². The van der Waals surface area contributed by atoms with Crippen molar-refractivity contribution in [3.8, 4) is 5.75 Å². The van der Waals surface area contributed by atoms with Gasteiger partial charge in [0, 0.05) is 29.8 Å². The molecule has 114 valence electrons. The van der Waals surface area contributed by atoms with Crippen LogP contribution in [0.2, 0.25) is 10.0 Å². The number of ether oxygens (including phenoxy) is 1. The second-order valence-corrected chi connectivity index (χ2v) is 5.25. The van der Waals surface area contributed by atoms with Crippen LogP contribution in [0.15, 0.2) is 12.1 Å². The van der Waals surface area contributed by atoms with Gasteiger partial charge in [0.15, 0.2) is 0 Å². The first-order valence-corrected chi connectivity index (χ1v) is 6.96. The Hall–Kier alpha value is -0.620. The van der Waals surface area contributed by atoms with Gasteiger partial charge in [-0.2, -0.15) is 8.78 Å². The molecule has 0 aliphatic rings. The molecule has 0 spiro atoms. The van der Waals surface area contributed by atoms with Gasteiger partial charge in [0.05, 0.1) is 5.02 Å². The van der Waals surface area contributed by atoms with Gasteiger partial charge in [-0.25, -0.2) is 0 Å². The molecule has 0 heterocycles. The predicted molar refractivity (Wildman–Crippen MR) is 75.7 cm³/mol. The lowest BCUT2D eigenvalue weighted by atomic mass is 10.1. The Morgan fingerprint density at radius 3 is 2.65 bits per heavy atom. The monoisotopic (exact) mass is 327 g/mol. The SMILES string of the molecule is CC(CCCO)NCc1cc(Cl)cc(Cl)c1OC(F)F. The van der Waals surface area contributed by atoms with E-state index in [0.29, 0.717) is 23.6 Å². The molecule has 1 rings (SSSR count). The van der Waals surface area contributed by atoms with E-state index in [-0.39, 0.29) is 23.4 Å². The molecule has 20 heavy (non-hydrogen) atoms. The average molecular weight is 328 g/mol. The van der Waals surface area contributed by atoms with Gasteiger partial charge in [0.2, 0.25) is 0 Å². The maximum absolute atomic E-state index is 12.4. The molecule has 0 aliphatic carbocycles. The van der Waals surface area contributed by atoms with Gasteiger partial charge in [-0.1, -0.05) is 23.2 Å². The molecule has 0 radical (unpaired) electrons. The highest BCUT2D eigenvalue weighted by Crippen LogP contribution is 2.33. The predicted octanol–water partition coefficient (Wildman–Crippen LogP) is 3.85. The first-order valence-electron chi connectivity index (χ1n) is 6.21. The fraction of sp³-hybridized carbons (Fsp3) is 0.538. The van der Waals surface area contributed by atoms with E-state index < -0.39 is 6.61 Å². The summed E-state index contributed by atoms with van der Waals surface area (Å²) in [6.45, 7) is -0.585. The zero-order chi connectivity index (χ0) is 15.1. The maximum Gasteiger partial charge on any atom is 0.387 e. The summed E-state index contributed by atoms with van der Waals surface area (Å²) in [5, 5.41) is 12.3. The minimum Gasteiger partial charge on any atom is -0.433 e. The van der Waals surface area contributed by atoms with E-state index in [1.54, 1.807) is 0 Å². The molecule has 7 heteroatoms. The Morgan fingerprint density at radius 1 is 1.35 bits per heavy atom. The van der Waals surface area contributed by atoms with Crippen molar-refractivity contribution in [2.75, 3.05) is 6.61 Å². The van der Waals surface area contributed by atoms with E-state index in [4.69, 9.17) is 28.3 Å². The lowest BCUT2D eigenvalue weighted by Gasteiger charge is -2.17. The number of aliphatic hydroxyl groups is 1. The molecule has 0 aromatic heterocycles. The molecule has 1 aromatic rings. The van der Waals surface area contributed by atoms with E-state index in [9.17, 15) is 8.78 Å². The Bertz CT molecular complexity index is 433. The molecule has 3 nitrogen and oxygen atoms in total. The molecule has 2 N–H and O–H groups in total. The standard InChI is InChI=1S/C13H17Cl2F2NO2/c1-8(3-2-4-19)18-7-9-5-10(14)6-11(15)12(9)20-13(16)17/h5-6,8,13,18-19H,2-4,7H2,1H3. The Balaban J connectivity index is 2.76. The highest BCUT2D eigenvalue weighted by molar-refractivity contribution is 6.35. The first-order chi connectivity index (χ1) is 9.43. The Morgan fingerprint density at radius 2 is 2.05 bits per heavy atom. The number of nitrogens with one attached hydrogen (secondary N) is 1. The van der Waals surface area contributed by atoms with Gasteiger partial charge in [-0.05, 0) is 31.9 Å². The summed E-state index contributed by atoms with van der Waals surface area (Å²) < 4.78 is 29.2. The summed E-state index contributed by atoms with van der Waals surface area (Å²) in [5.41, 5.74) is 0.471. The van der Waals surface area contributed by atoms with Crippen molar-refractivity contribution < 1.29 is 18.6 Å². The van der Waals surface area contributed by atoms with Crippen molar-refractivity contribution in [1.82, 2.24) is 5.32 Å². The number of rotatable bonds is 8. The second kappa shape index (κ2) is 8.62. The van der Waals surface area contributed by atoms with E-state index in [0.717, 1.165) is 6.42 Å². The maximum atomic E-state index is 12.4. The molecule has 1 aromatic carbocycles. The van der Waals surface area contributed by atoms with Crippen LogP contribution in [0.1, 0.15) is 25.3 Å². The van der Waals surface area contributed by atoms with Gasteiger partial charge >= 0.3 is 6.61 Å². The third kappa shape index (κ3) is 5.79. The number of benzene rings is 1. The molecular weight excluding hydrogens is 311 g/mol. The van der Waals surface area contributed by atoms with Crippen LogP contribution in [-0.2, 0) is 6.54 Å². The van der Waals surface area contributed by atoms with Crippen LogP contribution in [0.4, 0.5) is 8.78 Å². The molecule has 1 atom stereocenters. The zero-order valence-electron chi connectivity index (χ0n) is 11.0. The number of aliphatic hydroxyl groups excluding tert-OH is 1. The highest BCUT2D eigenvalue weighted by Gasteiger charge is 2.15. The van der Waals surface area contributed by atoms with Crippen LogP contribution in [0.25, 0.3) is 0 Å². The van der Waals surface area contributed by atoms with Crippen molar-refractivity contribution in [2.45, 2.75) is 39.0 Å². The summed E-state index contributed by atoms with van der Waals surface area (Å²) >= 11 is 11.7. The summed E-state index contributed by atoms with van der Waals surface area (Å²) in [7, 11) is 0. The molecule has 0 saturated heterocycles. The quantitative estimate of drug-likeness (QED) is 0.762. The van der Waals surface area contributed by atoms with Crippen molar-refractivity contribution >= 4 is 23.2 Å². The van der Waals surface area contributed by atoms with E-state index in [1.165, 1.54) is 12.1 Å². The summed E-state index contributed by atoms with van der Waals surface area (Å²) in [6, 6.07) is 3.02. The lowest BCUT2D eigenvalue weighted by Crippen LogP contribution is -2.26. The molecule has 0 saturated carbocycles. The third-order valence-electron chi connectivity index (χ3n) is 2.73. The number of alkyl halides is 2. The largest absolute Gasteiger partial charge is 0.433 e. The number of hydrogen-bond donors (Lipinski definition) is 2. The molecular formula is C13H17Cl2F2NO2. The third-order valence-corrected chi connectivity index (χ3v) is 3.23. The van der Waals surface area contributed by atoms with Crippen LogP contribution in [-0.4, -0.2) is 24.4 Å². The van der Waals surface area contributed by atoms with E-state index >= 15 is 0 Å². The highest BCUT2D eigenvalue weighted by atomic mass is 35.5. The molecule has 0 aliphatic heterocycles. The van der Waals surface area contributed by atoms with Gasteiger partial charge in [0.25, 0.3) is 0 Å². The van der Waals surface area contributed by atoms with Crippen LogP contribution in [0, 0.1) is 0 Å². The molecule has 0 fully saturated rings. The number of hydrogen-bond acceptors (Lipinski definition) is 3. The van der Waals surface area contributed by atoms with Crippen molar-refractivity contribution in [2.24, 2.45) is 0 Å². The van der Waals surface area contributed by atoms with Gasteiger partial charge in [-0.15, -0.1) is 0 Å². The van der Waals surface area contributed by atoms with Gasteiger partial charge in [-0.3, -0.25) is 0 Å². The second-order valence-electron chi connectivity index (χ2n) is 4.40. The zero-order valence-corrected chi connectivity index (χ0v) is 12.5. The number of halogens is 4. The topological polar surface area (TPSA) is 41.5 Å². The van der Waals surface area contributed by atoms with Gasteiger partial charge in [0.1, 0.15) is 5.75 Å². The fourth-order valence-electron chi connectivity index (χ4n) is 1.75. The minimum atomic E-state index is -2.95. The molecule has 0 bridgehead atoms. The summed E-state index contributed by atoms with van der Waals surface area (Å²) in [5.74, 6) is -0.0621. The Labute approximate surface area is 126 Å². The van der Waals surface area contributed by atoms with Gasteiger partial charge < -0.3 is 15.2 Å². The first kappa shape index (κ1) is 17.4. The summed E-state index contributed by atoms with van der Waals surface area (Å²) in [4.78, 5) is 0. The van der Waals surface area contributed by atoms with Crippen LogP contribution < -0.4 is 10.1 Å². The average Bonchev–Trinajstić information content (AvgIpc) is 2.37. The van der Waals surface area contributed by atoms with Crippen molar-refractivity contribution in [3.63, 3.8) is 0 Å². The van der Waals surface area contributed by atoms with Crippen LogP contribution >= 0.6 is 23.2 Å². The Kier molecular flexibility index (Phi) is 7.51. The fourth-order valence-corrected chi connectivity index (χ4v) is 2.33. The van der Waals surface area contributed by atoms with Crippen molar-refractivity contribution in [1.29, 1.82) is 0 Å². The van der Waals surface area contributed by atoms with Crippen LogP contribution in [0.5, 0.6) is 5.75 Å². The lowest BCUT2D eigenvalue weighted by molar-refractivity contribution is -0.0504. The minimum absolute atomic E-state index is 0.0533. The van der Waals surface area contributed by atoms with Crippen molar-refractivity contribution in [3.05, 3.63) is 27.7 Å². The smallest absolute Gasteiger partial charge is 0.387 e. The summed E-state index contributed by atoms with van der Waals surface area (Å²) in [6.07, 6.45) is 1.45. The van der Waals surface area contributed by atoms with E-state index in [2.05, 4.69) is 10.1 Å².